The molecule has 2 saturated heterocycles. The Balaban J connectivity index is 1.64. The lowest BCUT2D eigenvalue weighted by atomic mass is 9.97. The molecule has 2 aliphatic heterocycles. The Kier molecular flexibility index (Phi) is 4.51. The Morgan fingerprint density at radius 3 is 2.86 bits per heavy atom. The van der Waals surface area contributed by atoms with Crippen LogP contribution < -0.4 is 5.32 Å². The molecule has 1 aromatic rings. The number of nitrogens with one attached hydrogen (secondary N) is 1. The van der Waals surface area contributed by atoms with Crippen molar-refractivity contribution in [2.24, 2.45) is 5.92 Å². The lowest BCUT2D eigenvalue weighted by Gasteiger charge is -2.36. The smallest absolute Gasteiger partial charge is 0.227 e. The minimum atomic E-state index is -0.254. The Morgan fingerprint density at radius 2 is 2.14 bits per heavy atom. The van der Waals surface area contributed by atoms with Crippen molar-refractivity contribution in [3.05, 3.63) is 35.6 Å². The van der Waals surface area contributed by atoms with Gasteiger partial charge < -0.3 is 15.0 Å². The molecule has 0 radical (unpaired) electrons. The molecule has 21 heavy (non-hydrogen) atoms. The first-order valence-corrected chi connectivity index (χ1v) is 7.60. The number of piperidine rings is 1. The van der Waals surface area contributed by atoms with Gasteiger partial charge in [-0.1, -0.05) is 12.1 Å². The number of hydrogen-bond acceptors (Lipinski definition) is 3. The van der Waals surface area contributed by atoms with E-state index in [1.54, 1.807) is 12.1 Å². The Hall–Kier alpha value is -1.46. The molecule has 2 aliphatic rings. The zero-order valence-corrected chi connectivity index (χ0v) is 12.1. The van der Waals surface area contributed by atoms with Gasteiger partial charge in [-0.15, -0.1) is 0 Å². The van der Waals surface area contributed by atoms with E-state index < -0.39 is 0 Å². The number of hydrogen-bond donors (Lipinski definition) is 1. The first kappa shape index (κ1) is 14.5. The fourth-order valence-corrected chi connectivity index (χ4v) is 3.05. The minimum Gasteiger partial charge on any atom is -0.370 e. The van der Waals surface area contributed by atoms with Gasteiger partial charge in [0, 0.05) is 13.1 Å². The topological polar surface area (TPSA) is 41.6 Å². The molecule has 5 heteroatoms. The average molecular weight is 292 g/mol. The van der Waals surface area contributed by atoms with E-state index >= 15 is 0 Å². The third kappa shape index (κ3) is 3.41. The Labute approximate surface area is 124 Å². The third-order valence-corrected chi connectivity index (χ3v) is 4.27. The van der Waals surface area contributed by atoms with Crippen molar-refractivity contribution in [3.8, 4) is 0 Å². The van der Waals surface area contributed by atoms with Crippen LogP contribution in [-0.2, 0) is 9.53 Å². The molecule has 0 bridgehead atoms. The average Bonchev–Trinajstić information content (AvgIpc) is 2.56. The van der Waals surface area contributed by atoms with Crippen LogP contribution in [0.1, 0.15) is 24.5 Å². The van der Waals surface area contributed by atoms with Crippen LogP contribution in [0.5, 0.6) is 0 Å². The molecular formula is C16H21FN2O2. The summed E-state index contributed by atoms with van der Waals surface area (Å²) in [4.78, 5) is 14.5. The van der Waals surface area contributed by atoms with Crippen LogP contribution in [0.4, 0.5) is 4.39 Å². The van der Waals surface area contributed by atoms with Crippen LogP contribution in [0.15, 0.2) is 24.3 Å². The van der Waals surface area contributed by atoms with Crippen LogP contribution in [0.3, 0.4) is 0 Å². The summed E-state index contributed by atoms with van der Waals surface area (Å²) in [5.74, 6) is 0.0547. The summed E-state index contributed by atoms with van der Waals surface area (Å²) in [6, 6.07) is 6.33. The number of benzene rings is 1. The SMILES string of the molecule is O=C([C@@H]1CCCNC1)N1CCOC(c2ccc(F)cc2)C1. The zero-order chi connectivity index (χ0) is 14.7. The van der Waals surface area contributed by atoms with Crippen molar-refractivity contribution in [3.63, 3.8) is 0 Å². The van der Waals surface area contributed by atoms with Crippen molar-refractivity contribution in [1.82, 2.24) is 10.2 Å². The molecule has 0 aromatic heterocycles. The van der Waals surface area contributed by atoms with Crippen molar-refractivity contribution in [1.29, 1.82) is 0 Å². The first-order valence-electron chi connectivity index (χ1n) is 7.60. The van der Waals surface area contributed by atoms with Crippen LogP contribution in [0, 0.1) is 11.7 Å². The molecule has 2 fully saturated rings. The normalized spacial score (nSPS) is 26.6. The van der Waals surface area contributed by atoms with Gasteiger partial charge in [0.1, 0.15) is 11.9 Å². The van der Waals surface area contributed by atoms with Crippen LogP contribution in [0.25, 0.3) is 0 Å². The summed E-state index contributed by atoms with van der Waals surface area (Å²) in [5, 5.41) is 3.28. The summed E-state index contributed by atoms with van der Waals surface area (Å²) in [5.41, 5.74) is 0.927. The van der Waals surface area contributed by atoms with Crippen molar-refractivity contribution in [2.45, 2.75) is 18.9 Å². The van der Waals surface area contributed by atoms with Crippen LogP contribution >= 0.6 is 0 Å². The fraction of sp³-hybridized carbons (Fsp3) is 0.562. The minimum absolute atomic E-state index is 0.0886. The van der Waals surface area contributed by atoms with E-state index in [4.69, 9.17) is 4.74 Å². The molecule has 1 aromatic carbocycles. The van der Waals surface area contributed by atoms with E-state index in [1.165, 1.54) is 12.1 Å². The second-order valence-corrected chi connectivity index (χ2v) is 5.74. The maximum Gasteiger partial charge on any atom is 0.227 e. The van der Waals surface area contributed by atoms with E-state index in [2.05, 4.69) is 5.32 Å². The number of carbonyl (C=O) groups is 1. The van der Waals surface area contributed by atoms with E-state index in [9.17, 15) is 9.18 Å². The standard InChI is InChI=1S/C16H21FN2O2/c17-14-5-3-12(4-6-14)15-11-19(8-9-21-15)16(20)13-2-1-7-18-10-13/h3-6,13,15,18H,1-2,7-11H2/t13-,15?/m1/s1. The number of morpholine rings is 1. The van der Waals surface area contributed by atoms with Crippen molar-refractivity contribution in [2.75, 3.05) is 32.8 Å². The van der Waals surface area contributed by atoms with Gasteiger partial charge >= 0.3 is 0 Å². The molecule has 114 valence electrons. The number of ether oxygens (including phenoxy) is 1. The quantitative estimate of drug-likeness (QED) is 0.902. The number of carbonyl (C=O) groups excluding carboxylic acids is 1. The third-order valence-electron chi connectivity index (χ3n) is 4.27. The van der Waals surface area contributed by atoms with Crippen molar-refractivity contribution < 1.29 is 13.9 Å². The molecule has 1 amide bonds. The van der Waals surface area contributed by atoms with Crippen LogP contribution in [-0.4, -0.2) is 43.6 Å². The highest BCUT2D eigenvalue weighted by molar-refractivity contribution is 5.79. The zero-order valence-electron chi connectivity index (χ0n) is 12.1. The number of nitrogens with zero attached hydrogens (tertiary/aromatic N) is 1. The number of rotatable bonds is 2. The highest BCUT2D eigenvalue weighted by Gasteiger charge is 2.30. The number of amides is 1. The van der Waals surface area contributed by atoms with Crippen molar-refractivity contribution >= 4 is 5.91 Å². The second-order valence-electron chi connectivity index (χ2n) is 5.74. The lowest BCUT2D eigenvalue weighted by Crippen LogP contribution is -2.48. The fourth-order valence-electron chi connectivity index (χ4n) is 3.05. The van der Waals surface area contributed by atoms with E-state index in [0.29, 0.717) is 19.7 Å². The number of halogens is 1. The van der Waals surface area contributed by atoms with Crippen LogP contribution in [0.2, 0.25) is 0 Å². The van der Waals surface area contributed by atoms with Gasteiger partial charge in [0.25, 0.3) is 0 Å². The molecular weight excluding hydrogens is 271 g/mol. The van der Waals surface area contributed by atoms with Gasteiger partial charge in [0.2, 0.25) is 5.91 Å². The molecule has 1 N–H and O–H groups in total. The van der Waals surface area contributed by atoms with E-state index in [0.717, 1.165) is 31.5 Å². The predicted octanol–water partition coefficient (Wildman–Crippen LogP) is 1.73. The Morgan fingerprint density at radius 1 is 1.33 bits per heavy atom. The van der Waals surface area contributed by atoms with Gasteiger partial charge in [0.15, 0.2) is 0 Å². The van der Waals surface area contributed by atoms with Gasteiger partial charge in [0.05, 0.1) is 19.1 Å². The van der Waals surface area contributed by atoms with Gasteiger partial charge in [-0.3, -0.25) is 4.79 Å². The largest absolute Gasteiger partial charge is 0.370 e. The molecule has 2 heterocycles. The monoisotopic (exact) mass is 292 g/mol. The summed E-state index contributed by atoms with van der Waals surface area (Å²) in [7, 11) is 0. The summed E-state index contributed by atoms with van der Waals surface area (Å²) in [6.07, 6.45) is 1.87. The summed E-state index contributed by atoms with van der Waals surface area (Å²) >= 11 is 0. The van der Waals surface area contributed by atoms with Gasteiger partial charge in [-0.25, -0.2) is 4.39 Å². The summed E-state index contributed by atoms with van der Waals surface area (Å²) in [6.45, 7) is 3.52. The highest BCUT2D eigenvalue weighted by atomic mass is 19.1. The molecule has 0 aliphatic carbocycles. The lowest BCUT2D eigenvalue weighted by molar-refractivity contribution is -0.143. The molecule has 1 unspecified atom stereocenters. The predicted molar refractivity (Wildman–Crippen MR) is 77.3 cm³/mol. The highest BCUT2D eigenvalue weighted by Crippen LogP contribution is 2.24. The molecule has 3 rings (SSSR count). The van der Waals surface area contributed by atoms with Gasteiger partial charge in [-0.2, -0.15) is 0 Å². The molecule has 2 atom stereocenters. The van der Waals surface area contributed by atoms with E-state index in [1.807, 2.05) is 4.90 Å². The molecule has 0 spiro atoms. The Bertz CT molecular complexity index is 486. The maximum absolute atomic E-state index is 13.0. The van der Waals surface area contributed by atoms with E-state index in [-0.39, 0.29) is 23.7 Å². The molecule has 4 nitrogen and oxygen atoms in total. The summed E-state index contributed by atoms with van der Waals surface area (Å²) < 4.78 is 18.7. The van der Waals surface area contributed by atoms with Gasteiger partial charge in [-0.05, 0) is 37.1 Å². The maximum atomic E-state index is 13.0. The second kappa shape index (κ2) is 6.54. The first-order chi connectivity index (χ1) is 10.2. The molecule has 0 saturated carbocycles.